The molecule has 0 saturated carbocycles. The van der Waals surface area contributed by atoms with Crippen LogP contribution < -0.4 is 10.6 Å². The Morgan fingerprint density at radius 3 is 3.05 bits per heavy atom. The molecule has 2 N–H and O–H groups in total. The maximum absolute atomic E-state index is 12.3. The molecule has 0 aromatic carbocycles. The Hall–Kier alpha value is -1.69. The van der Waals surface area contributed by atoms with Crippen molar-refractivity contribution in [2.75, 3.05) is 25.5 Å². The SMILES string of the molecule is CNC(=S)N1CCC[C@H](C(=O)Nc2ncccc2C)C1. The Balaban J connectivity index is 1.99. The molecule has 1 aromatic heterocycles. The number of carbonyl (C=O) groups is 1. The first-order valence-corrected chi connectivity index (χ1v) is 7.21. The van der Waals surface area contributed by atoms with Crippen LogP contribution in [0.2, 0.25) is 0 Å². The molecular weight excluding hydrogens is 272 g/mol. The third kappa shape index (κ3) is 3.45. The molecule has 0 spiro atoms. The molecule has 0 aliphatic carbocycles. The fourth-order valence-corrected chi connectivity index (χ4v) is 2.53. The van der Waals surface area contributed by atoms with Crippen LogP contribution in [0.4, 0.5) is 5.82 Å². The highest BCUT2D eigenvalue weighted by atomic mass is 32.1. The predicted molar refractivity (Wildman–Crippen MR) is 83.6 cm³/mol. The van der Waals surface area contributed by atoms with Gasteiger partial charge in [-0.3, -0.25) is 4.79 Å². The van der Waals surface area contributed by atoms with E-state index in [-0.39, 0.29) is 11.8 Å². The minimum atomic E-state index is -0.0449. The summed E-state index contributed by atoms with van der Waals surface area (Å²) in [6.07, 6.45) is 3.55. The van der Waals surface area contributed by atoms with Gasteiger partial charge in [0.2, 0.25) is 5.91 Å². The van der Waals surface area contributed by atoms with Crippen LogP contribution in [-0.4, -0.2) is 41.0 Å². The molecule has 1 fully saturated rings. The lowest BCUT2D eigenvalue weighted by Crippen LogP contribution is -2.46. The third-order valence-electron chi connectivity index (χ3n) is 3.54. The molecule has 0 unspecified atom stereocenters. The number of rotatable bonds is 2. The van der Waals surface area contributed by atoms with Gasteiger partial charge >= 0.3 is 0 Å². The number of amides is 1. The second-order valence-electron chi connectivity index (χ2n) is 5.00. The quantitative estimate of drug-likeness (QED) is 0.810. The number of pyridine rings is 1. The summed E-state index contributed by atoms with van der Waals surface area (Å²) < 4.78 is 0. The molecule has 1 saturated heterocycles. The summed E-state index contributed by atoms with van der Waals surface area (Å²) in [5, 5.41) is 6.59. The Kier molecular flexibility index (Phi) is 4.89. The number of carbonyl (C=O) groups excluding carboxylic acids is 1. The van der Waals surface area contributed by atoms with Crippen molar-refractivity contribution in [3.05, 3.63) is 23.9 Å². The second kappa shape index (κ2) is 6.65. The average Bonchev–Trinajstić information content (AvgIpc) is 2.49. The summed E-state index contributed by atoms with van der Waals surface area (Å²) in [6.45, 7) is 3.51. The van der Waals surface area contributed by atoms with Gasteiger partial charge in [-0.1, -0.05) is 6.07 Å². The molecule has 0 radical (unpaired) electrons. The van der Waals surface area contributed by atoms with E-state index in [0.717, 1.165) is 24.9 Å². The number of nitrogens with zero attached hydrogens (tertiary/aromatic N) is 2. The highest BCUT2D eigenvalue weighted by molar-refractivity contribution is 7.80. The predicted octanol–water partition coefficient (Wildman–Crippen LogP) is 1.54. The van der Waals surface area contributed by atoms with E-state index >= 15 is 0 Å². The third-order valence-corrected chi connectivity index (χ3v) is 4.01. The van der Waals surface area contributed by atoms with Crippen molar-refractivity contribution in [1.29, 1.82) is 0 Å². The zero-order valence-corrected chi connectivity index (χ0v) is 12.7. The molecule has 1 amide bonds. The molecule has 2 heterocycles. The lowest BCUT2D eigenvalue weighted by Gasteiger charge is -2.33. The molecule has 1 aromatic rings. The number of hydrogen-bond acceptors (Lipinski definition) is 3. The van der Waals surface area contributed by atoms with E-state index in [0.29, 0.717) is 17.5 Å². The highest BCUT2D eigenvalue weighted by Gasteiger charge is 2.27. The van der Waals surface area contributed by atoms with Crippen LogP contribution in [-0.2, 0) is 4.79 Å². The molecule has 1 aliphatic heterocycles. The fourth-order valence-electron chi connectivity index (χ4n) is 2.37. The maximum Gasteiger partial charge on any atom is 0.230 e. The van der Waals surface area contributed by atoms with E-state index in [1.165, 1.54) is 0 Å². The smallest absolute Gasteiger partial charge is 0.230 e. The summed E-state index contributed by atoms with van der Waals surface area (Å²) in [6, 6.07) is 3.80. The fraction of sp³-hybridized carbons (Fsp3) is 0.500. The lowest BCUT2D eigenvalue weighted by molar-refractivity contribution is -0.121. The number of piperidine rings is 1. The zero-order valence-electron chi connectivity index (χ0n) is 11.8. The van der Waals surface area contributed by atoms with Crippen molar-refractivity contribution in [2.24, 2.45) is 5.92 Å². The van der Waals surface area contributed by atoms with E-state index in [1.807, 2.05) is 31.0 Å². The number of likely N-dealkylation sites (tertiary alicyclic amines) is 1. The van der Waals surface area contributed by atoms with Crippen LogP contribution >= 0.6 is 12.2 Å². The van der Waals surface area contributed by atoms with E-state index in [2.05, 4.69) is 15.6 Å². The van der Waals surface area contributed by atoms with Crippen molar-refractivity contribution in [1.82, 2.24) is 15.2 Å². The number of anilines is 1. The van der Waals surface area contributed by atoms with Gasteiger partial charge in [-0.05, 0) is 43.6 Å². The van der Waals surface area contributed by atoms with Gasteiger partial charge in [0.1, 0.15) is 5.82 Å². The van der Waals surface area contributed by atoms with Gasteiger partial charge in [0, 0.05) is 26.3 Å². The van der Waals surface area contributed by atoms with Crippen LogP contribution in [0.1, 0.15) is 18.4 Å². The van der Waals surface area contributed by atoms with Crippen molar-refractivity contribution >= 4 is 29.1 Å². The second-order valence-corrected chi connectivity index (χ2v) is 5.39. The number of aromatic nitrogens is 1. The van der Waals surface area contributed by atoms with Crippen molar-refractivity contribution in [3.8, 4) is 0 Å². The molecule has 108 valence electrons. The van der Waals surface area contributed by atoms with Crippen LogP contribution in [0.3, 0.4) is 0 Å². The molecule has 0 bridgehead atoms. The molecule has 6 heteroatoms. The first-order valence-electron chi connectivity index (χ1n) is 6.81. The average molecular weight is 292 g/mol. The highest BCUT2D eigenvalue weighted by Crippen LogP contribution is 2.19. The van der Waals surface area contributed by atoms with Crippen molar-refractivity contribution < 1.29 is 4.79 Å². The van der Waals surface area contributed by atoms with Crippen LogP contribution in [0.5, 0.6) is 0 Å². The van der Waals surface area contributed by atoms with E-state index in [9.17, 15) is 4.79 Å². The summed E-state index contributed by atoms with van der Waals surface area (Å²) >= 11 is 5.24. The Morgan fingerprint density at radius 1 is 1.55 bits per heavy atom. The first kappa shape index (κ1) is 14.7. The van der Waals surface area contributed by atoms with Crippen molar-refractivity contribution in [3.63, 3.8) is 0 Å². The van der Waals surface area contributed by atoms with Crippen molar-refractivity contribution in [2.45, 2.75) is 19.8 Å². The largest absolute Gasteiger partial charge is 0.366 e. The molecule has 5 nitrogen and oxygen atoms in total. The van der Waals surface area contributed by atoms with Gasteiger partial charge < -0.3 is 15.5 Å². The summed E-state index contributed by atoms with van der Waals surface area (Å²) in [5.74, 6) is 0.623. The van der Waals surface area contributed by atoms with Gasteiger partial charge in [0.05, 0.1) is 5.92 Å². The lowest BCUT2D eigenvalue weighted by atomic mass is 9.97. The molecular formula is C14H20N4OS. The van der Waals surface area contributed by atoms with E-state index < -0.39 is 0 Å². The Bertz CT molecular complexity index is 506. The molecule has 20 heavy (non-hydrogen) atoms. The van der Waals surface area contributed by atoms with Crippen LogP contribution in [0.25, 0.3) is 0 Å². The number of hydrogen-bond donors (Lipinski definition) is 2. The van der Waals surface area contributed by atoms with Gasteiger partial charge in [-0.15, -0.1) is 0 Å². The van der Waals surface area contributed by atoms with Gasteiger partial charge in [0.25, 0.3) is 0 Å². The molecule has 2 rings (SSSR count). The summed E-state index contributed by atoms with van der Waals surface area (Å²) in [5.41, 5.74) is 0.972. The monoisotopic (exact) mass is 292 g/mol. The number of nitrogens with one attached hydrogen (secondary N) is 2. The van der Waals surface area contributed by atoms with Gasteiger partial charge in [-0.2, -0.15) is 0 Å². The Labute approximate surface area is 124 Å². The zero-order chi connectivity index (χ0) is 14.5. The maximum atomic E-state index is 12.3. The van der Waals surface area contributed by atoms with E-state index in [4.69, 9.17) is 12.2 Å². The normalized spacial score (nSPS) is 18.5. The standard InChI is InChI=1S/C14H20N4OS/c1-10-5-3-7-16-12(10)17-13(19)11-6-4-8-18(9-11)14(20)15-2/h3,5,7,11H,4,6,8-9H2,1-2H3,(H,15,20)(H,16,17,19)/t11-/m0/s1. The minimum Gasteiger partial charge on any atom is -0.366 e. The number of thiocarbonyl (C=S) groups is 1. The molecule has 1 aliphatic rings. The number of aryl methyl sites for hydroxylation is 1. The van der Waals surface area contributed by atoms with Gasteiger partial charge in [0.15, 0.2) is 5.11 Å². The van der Waals surface area contributed by atoms with Crippen LogP contribution in [0.15, 0.2) is 18.3 Å². The summed E-state index contributed by atoms with van der Waals surface area (Å²) in [7, 11) is 1.81. The summed E-state index contributed by atoms with van der Waals surface area (Å²) in [4.78, 5) is 18.6. The van der Waals surface area contributed by atoms with Crippen LogP contribution in [0, 0.1) is 12.8 Å². The van der Waals surface area contributed by atoms with E-state index in [1.54, 1.807) is 6.20 Å². The topological polar surface area (TPSA) is 57.3 Å². The Morgan fingerprint density at radius 2 is 2.35 bits per heavy atom. The molecule has 1 atom stereocenters. The van der Waals surface area contributed by atoms with Gasteiger partial charge in [-0.25, -0.2) is 4.98 Å². The minimum absolute atomic E-state index is 0.0235. The first-order chi connectivity index (χ1) is 9.61.